The predicted octanol–water partition coefficient (Wildman–Crippen LogP) is 3.78. The van der Waals surface area contributed by atoms with Gasteiger partial charge in [0, 0.05) is 53.3 Å². The number of carbonyl (C=O) groups is 2. The molecule has 2 atom stereocenters. The lowest BCUT2D eigenvalue weighted by molar-refractivity contribution is -0.121. The molecule has 1 spiro atoms. The van der Waals surface area contributed by atoms with Crippen molar-refractivity contribution in [1.82, 2.24) is 10.3 Å². The molecule has 2 aliphatic rings. The van der Waals surface area contributed by atoms with E-state index in [1.165, 1.54) is 0 Å². The number of fused-ring (bicyclic) bond motifs is 4. The highest BCUT2D eigenvalue weighted by Gasteiger charge is 2.56. The van der Waals surface area contributed by atoms with Crippen LogP contribution in [0.25, 0.3) is 10.9 Å². The van der Waals surface area contributed by atoms with Crippen LogP contribution in [0.1, 0.15) is 35.8 Å². The number of benzene rings is 1. The monoisotopic (exact) mass is 374 g/mol. The van der Waals surface area contributed by atoms with Crippen LogP contribution in [-0.4, -0.2) is 35.2 Å². The van der Waals surface area contributed by atoms with E-state index < -0.39 is 0 Å². The van der Waals surface area contributed by atoms with Crippen LogP contribution < -0.4 is 5.32 Å². The average Bonchev–Trinajstić information content (AvgIpc) is 3.25. The Hall–Kier alpha value is -1.40. The number of Topliss-reactive ketones (excluding diaryl/α,β-unsaturated/α-hetero) is 1. The topological polar surface area (TPSA) is 62.0 Å². The number of hydrogen-bond donors (Lipinski definition) is 2. The molecule has 0 bridgehead atoms. The molecule has 0 unspecified atom stereocenters. The summed E-state index contributed by atoms with van der Waals surface area (Å²) in [6.07, 6.45) is 1.16. The maximum absolute atomic E-state index is 13.4. The van der Waals surface area contributed by atoms with E-state index in [0.29, 0.717) is 6.42 Å². The molecule has 1 saturated heterocycles. The van der Waals surface area contributed by atoms with Gasteiger partial charge in [0.1, 0.15) is 4.08 Å². The number of nitrogens with one attached hydrogen (secondary N) is 2. The fourth-order valence-electron chi connectivity index (χ4n) is 4.31. The fourth-order valence-corrected chi connectivity index (χ4v) is 7.94. The van der Waals surface area contributed by atoms with Gasteiger partial charge in [0.15, 0.2) is 5.78 Å². The van der Waals surface area contributed by atoms with Crippen molar-refractivity contribution < 1.29 is 9.59 Å². The highest BCUT2D eigenvalue weighted by molar-refractivity contribution is 8.20. The molecule has 0 radical (unpaired) electrons. The van der Waals surface area contributed by atoms with Crippen LogP contribution in [0.15, 0.2) is 24.3 Å². The smallest absolute Gasteiger partial charge is 0.220 e. The summed E-state index contributed by atoms with van der Waals surface area (Å²) >= 11 is 3.81. The van der Waals surface area contributed by atoms with Gasteiger partial charge in [-0.15, -0.1) is 23.5 Å². The molecule has 132 valence electrons. The van der Waals surface area contributed by atoms with Gasteiger partial charge in [-0.1, -0.05) is 25.1 Å². The van der Waals surface area contributed by atoms with Crippen LogP contribution in [0.2, 0.25) is 0 Å². The van der Waals surface area contributed by atoms with Gasteiger partial charge in [0.05, 0.1) is 5.69 Å². The number of rotatable bonds is 3. The van der Waals surface area contributed by atoms with E-state index in [0.717, 1.165) is 40.1 Å². The summed E-state index contributed by atoms with van der Waals surface area (Å²) in [5.74, 6) is 2.22. The van der Waals surface area contributed by atoms with Crippen LogP contribution in [0.5, 0.6) is 0 Å². The maximum Gasteiger partial charge on any atom is 0.220 e. The molecule has 1 fully saturated rings. The molecule has 6 heteroatoms. The third kappa shape index (κ3) is 2.45. The summed E-state index contributed by atoms with van der Waals surface area (Å²) in [7, 11) is 1.67. The van der Waals surface area contributed by atoms with Crippen LogP contribution in [0.3, 0.4) is 0 Å². The Balaban J connectivity index is 1.95. The Morgan fingerprint density at radius 3 is 2.72 bits per heavy atom. The van der Waals surface area contributed by atoms with Crippen molar-refractivity contribution in [3.8, 4) is 0 Å². The third-order valence-corrected chi connectivity index (χ3v) is 9.11. The number of aromatic amines is 1. The first-order valence-corrected chi connectivity index (χ1v) is 10.7. The standard InChI is InChI=1S/C19H22N2O2S2/c1-3-11-13(10-15(22)20-2)19(24-8-9-25-19)18-16(17(11)23)12-6-4-5-7-14(12)21-18/h4-7,11,13,21H,3,8-10H2,1-2H3,(H,20,22)/t11-,13+/m1/s1. The lowest BCUT2D eigenvalue weighted by atomic mass is 9.73. The molecule has 2 heterocycles. The second-order valence-electron chi connectivity index (χ2n) is 6.65. The van der Waals surface area contributed by atoms with Gasteiger partial charge in [0.25, 0.3) is 0 Å². The van der Waals surface area contributed by atoms with E-state index in [2.05, 4.69) is 17.2 Å². The van der Waals surface area contributed by atoms with Crippen molar-refractivity contribution in [2.24, 2.45) is 11.8 Å². The van der Waals surface area contributed by atoms with Crippen molar-refractivity contribution in [1.29, 1.82) is 0 Å². The molecule has 1 aromatic heterocycles. The van der Waals surface area contributed by atoms with Gasteiger partial charge in [-0.3, -0.25) is 9.59 Å². The average molecular weight is 375 g/mol. The van der Waals surface area contributed by atoms with Crippen LogP contribution in [-0.2, 0) is 8.87 Å². The minimum atomic E-state index is -0.227. The summed E-state index contributed by atoms with van der Waals surface area (Å²) in [5, 5.41) is 3.77. The maximum atomic E-state index is 13.4. The van der Waals surface area contributed by atoms with E-state index in [1.54, 1.807) is 7.05 Å². The summed E-state index contributed by atoms with van der Waals surface area (Å²) in [4.78, 5) is 29.1. The lowest BCUT2D eigenvalue weighted by Crippen LogP contribution is -2.44. The number of aromatic nitrogens is 1. The number of thioether (sulfide) groups is 2. The number of H-pyrrole nitrogens is 1. The Bertz CT molecular complexity index is 839. The van der Waals surface area contributed by atoms with Crippen LogP contribution in [0.4, 0.5) is 0 Å². The normalized spacial score (nSPS) is 24.6. The minimum absolute atomic E-state index is 0.0167. The van der Waals surface area contributed by atoms with Gasteiger partial charge >= 0.3 is 0 Å². The molecular weight excluding hydrogens is 352 g/mol. The van der Waals surface area contributed by atoms with Crippen molar-refractivity contribution in [2.75, 3.05) is 18.6 Å². The lowest BCUT2D eigenvalue weighted by Gasteiger charge is -2.43. The van der Waals surface area contributed by atoms with Crippen molar-refractivity contribution in [2.45, 2.75) is 23.8 Å². The quantitative estimate of drug-likeness (QED) is 0.858. The molecule has 1 amide bonds. The van der Waals surface area contributed by atoms with Crippen LogP contribution >= 0.6 is 23.5 Å². The zero-order valence-electron chi connectivity index (χ0n) is 14.4. The SMILES string of the molecule is CC[C@H]1C(=O)c2c([nH]c3ccccc23)C2(SCCS2)[C@H]1CC(=O)NC. The second kappa shape index (κ2) is 6.40. The van der Waals surface area contributed by atoms with Gasteiger partial charge in [-0.05, 0) is 12.5 Å². The number of hydrogen-bond acceptors (Lipinski definition) is 4. The number of para-hydroxylation sites is 1. The Kier molecular flexibility index (Phi) is 4.36. The summed E-state index contributed by atoms with van der Waals surface area (Å²) in [5.41, 5.74) is 2.91. The van der Waals surface area contributed by atoms with Crippen LogP contribution in [0, 0.1) is 11.8 Å². The first-order valence-electron chi connectivity index (χ1n) is 8.76. The molecule has 25 heavy (non-hydrogen) atoms. The molecule has 2 aromatic rings. The molecule has 1 aliphatic carbocycles. The summed E-state index contributed by atoms with van der Waals surface area (Å²) < 4.78 is -0.227. The van der Waals surface area contributed by atoms with Crippen molar-refractivity contribution in [3.05, 3.63) is 35.5 Å². The van der Waals surface area contributed by atoms with E-state index in [9.17, 15) is 9.59 Å². The summed E-state index contributed by atoms with van der Waals surface area (Å²) in [6, 6.07) is 8.05. The molecule has 4 nitrogen and oxygen atoms in total. The van der Waals surface area contributed by atoms with E-state index in [-0.39, 0.29) is 27.6 Å². The third-order valence-electron chi connectivity index (χ3n) is 5.45. The number of amides is 1. The molecule has 1 aromatic carbocycles. The van der Waals surface area contributed by atoms with Crippen molar-refractivity contribution >= 4 is 46.1 Å². The molecule has 2 N–H and O–H groups in total. The van der Waals surface area contributed by atoms with E-state index in [4.69, 9.17) is 0 Å². The Morgan fingerprint density at radius 1 is 1.32 bits per heavy atom. The summed E-state index contributed by atoms with van der Waals surface area (Å²) in [6.45, 7) is 2.07. The highest BCUT2D eigenvalue weighted by Crippen LogP contribution is 2.63. The van der Waals surface area contributed by atoms with Gasteiger partial charge in [0.2, 0.25) is 5.91 Å². The molecule has 0 saturated carbocycles. The minimum Gasteiger partial charge on any atom is -0.359 e. The largest absolute Gasteiger partial charge is 0.359 e. The number of ketones is 1. The van der Waals surface area contributed by atoms with E-state index >= 15 is 0 Å². The number of carbonyl (C=O) groups excluding carboxylic acids is 2. The highest BCUT2D eigenvalue weighted by atomic mass is 32.2. The van der Waals surface area contributed by atoms with Gasteiger partial charge in [-0.2, -0.15) is 0 Å². The van der Waals surface area contributed by atoms with E-state index in [1.807, 2.05) is 47.8 Å². The van der Waals surface area contributed by atoms with Gasteiger partial charge in [-0.25, -0.2) is 0 Å². The molecule has 4 rings (SSSR count). The van der Waals surface area contributed by atoms with Gasteiger partial charge < -0.3 is 10.3 Å². The zero-order chi connectivity index (χ0) is 17.6. The predicted molar refractivity (Wildman–Crippen MR) is 105 cm³/mol. The molecular formula is C19H22N2O2S2. The molecule has 1 aliphatic heterocycles. The Labute approximate surface area is 155 Å². The first-order chi connectivity index (χ1) is 12.1. The second-order valence-corrected chi connectivity index (χ2v) is 9.59. The zero-order valence-corrected chi connectivity index (χ0v) is 16.1. The van der Waals surface area contributed by atoms with Crippen molar-refractivity contribution in [3.63, 3.8) is 0 Å². The fraction of sp³-hybridized carbons (Fsp3) is 0.474. The first kappa shape index (κ1) is 17.0. The Morgan fingerprint density at radius 2 is 2.04 bits per heavy atom.